The van der Waals surface area contributed by atoms with Gasteiger partial charge in [0.15, 0.2) is 0 Å². The molecule has 0 atom stereocenters. The molecule has 1 aromatic carbocycles. The van der Waals surface area contributed by atoms with Gasteiger partial charge in [0.1, 0.15) is 5.82 Å². The van der Waals surface area contributed by atoms with Gasteiger partial charge in [-0.2, -0.15) is 5.26 Å². The molecule has 2 rings (SSSR count). The minimum Gasteiger partial charge on any atom is -0.336 e. The smallest absolute Gasteiger partial charge is 0.234 e. The topological polar surface area (TPSA) is 110 Å². The Hall–Kier alpha value is -2.53. The van der Waals surface area contributed by atoms with Gasteiger partial charge < -0.3 is 11.2 Å². The molecule has 0 fully saturated rings. The van der Waals surface area contributed by atoms with Gasteiger partial charge in [0.2, 0.25) is 11.1 Å². The third kappa shape index (κ3) is 3.97. The van der Waals surface area contributed by atoms with Crippen molar-refractivity contribution in [1.82, 2.24) is 14.9 Å². The molecule has 2 aromatic rings. The molecule has 0 aliphatic rings. The molecule has 8 heteroatoms. The van der Waals surface area contributed by atoms with Gasteiger partial charge in [0.25, 0.3) is 0 Å². The highest BCUT2D eigenvalue weighted by Crippen LogP contribution is 2.15. The zero-order valence-corrected chi connectivity index (χ0v) is 12.2. The molecule has 0 spiro atoms. The van der Waals surface area contributed by atoms with Crippen molar-refractivity contribution in [3.05, 3.63) is 35.7 Å². The normalized spacial score (nSPS) is 10.1. The summed E-state index contributed by atoms with van der Waals surface area (Å²) in [6.45, 7) is 1.74. The number of nitrogens with zero attached hydrogens (tertiary/aromatic N) is 4. The van der Waals surface area contributed by atoms with Crippen molar-refractivity contribution < 1.29 is 4.79 Å². The number of benzene rings is 1. The lowest BCUT2D eigenvalue weighted by Crippen LogP contribution is -2.16. The van der Waals surface area contributed by atoms with Crippen LogP contribution in [0.3, 0.4) is 0 Å². The van der Waals surface area contributed by atoms with Gasteiger partial charge in [-0.25, -0.2) is 4.68 Å². The number of carbonyl (C=O) groups excluding carboxylic acids is 1. The van der Waals surface area contributed by atoms with Gasteiger partial charge in [0, 0.05) is 5.69 Å². The van der Waals surface area contributed by atoms with E-state index in [4.69, 9.17) is 11.1 Å². The maximum absolute atomic E-state index is 11.8. The Balaban J connectivity index is 1.87. The van der Waals surface area contributed by atoms with E-state index in [-0.39, 0.29) is 11.7 Å². The van der Waals surface area contributed by atoms with Crippen LogP contribution in [-0.4, -0.2) is 26.5 Å². The second-order valence-electron chi connectivity index (χ2n) is 4.27. The predicted molar refractivity (Wildman–Crippen MR) is 80.0 cm³/mol. The average Bonchev–Trinajstić information content (AvgIpc) is 2.79. The molecule has 0 saturated carbocycles. The number of thioether (sulfide) groups is 1. The van der Waals surface area contributed by atoms with E-state index < -0.39 is 0 Å². The summed E-state index contributed by atoms with van der Waals surface area (Å²) in [5.74, 6) is 6.32. The molecule has 0 radical (unpaired) electrons. The van der Waals surface area contributed by atoms with E-state index in [1.807, 2.05) is 12.1 Å². The number of aromatic nitrogens is 3. The van der Waals surface area contributed by atoms with E-state index in [0.29, 0.717) is 23.1 Å². The highest BCUT2D eigenvalue weighted by Gasteiger charge is 2.09. The molecule has 1 aromatic heterocycles. The maximum Gasteiger partial charge on any atom is 0.234 e. The largest absolute Gasteiger partial charge is 0.336 e. The first-order chi connectivity index (χ1) is 10.1. The lowest BCUT2D eigenvalue weighted by molar-refractivity contribution is -0.113. The summed E-state index contributed by atoms with van der Waals surface area (Å²) in [5, 5.41) is 19.5. The molecule has 0 aliphatic heterocycles. The van der Waals surface area contributed by atoms with Gasteiger partial charge in [0.05, 0.1) is 18.2 Å². The van der Waals surface area contributed by atoms with Gasteiger partial charge in [-0.3, -0.25) is 4.79 Å². The number of hydrogen-bond donors (Lipinski definition) is 2. The van der Waals surface area contributed by atoms with Crippen LogP contribution in [0.5, 0.6) is 0 Å². The number of nitrogen functional groups attached to an aromatic ring is 1. The van der Waals surface area contributed by atoms with E-state index >= 15 is 0 Å². The number of rotatable bonds is 5. The molecule has 1 heterocycles. The van der Waals surface area contributed by atoms with Gasteiger partial charge in [-0.05, 0) is 24.6 Å². The number of anilines is 1. The second kappa shape index (κ2) is 6.76. The summed E-state index contributed by atoms with van der Waals surface area (Å²) < 4.78 is 1.34. The summed E-state index contributed by atoms with van der Waals surface area (Å²) in [4.78, 5) is 11.8. The Morgan fingerprint density at radius 2 is 2.14 bits per heavy atom. The number of nitriles is 1. The molecule has 0 bridgehead atoms. The molecular formula is C13H14N6OS. The van der Waals surface area contributed by atoms with Crippen molar-refractivity contribution in [2.24, 2.45) is 0 Å². The molecule has 3 N–H and O–H groups in total. The van der Waals surface area contributed by atoms with E-state index in [2.05, 4.69) is 21.6 Å². The van der Waals surface area contributed by atoms with E-state index in [1.54, 1.807) is 19.1 Å². The van der Waals surface area contributed by atoms with Crippen LogP contribution in [0.1, 0.15) is 11.4 Å². The van der Waals surface area contributed by atoms with Crippen LogP contribution in [0.15, 0.2) is 29.4 Å². The zero-order chi connectivity index (χ0) is 15.2. The van der Waals surface area contributed by atoms with Crippen molar-refractivity contribution >= 4 is 23.4 Å². The average molecular weight is 302 g/mol. The van der Waals surface area contributed by atoms with Gasteiger partial charge in [-0.1, -0.05) is 23.9 Å². The Morgan fingerprint density at radius 1 is 1.43 bits per heavy atom. The SMILES string of the molecule is Cc1nnc(SCC(=O)Nc2ccc(CC#N)cc2)n1N. The fourth-order valence-corrected chi connectivity index (χ4v) is 2.27. The monoisotopic (exact) mass is 302 g/mol. The number of nitrogens with one attached hydrogen (secondary N) is 1. The maximum atomic E-state index is 11.8. The molecule has 7 nitrogen and oxygen atoms in total. The van der Waals surface area contributed by atoms with Crippen molar-refractivity contribution in [2.45, 2.75) is 18.5 Å². The summed E-state index contributed by atoms with van der Waals surface area (Å²) in [6, 6.07) is 9.23. The Labute approximate surface area is 126 Å². The standard InChI is InChI=1S/C13H14N6OS/c1-9-17-18-13(19(9)15)21-8-12(20)16-11-4-2-10(3-5-11)6-7-14/h2-5H,6,8,15H2,1H3,(H,16,20). The summed E-state index contributed by atoms with van der Waals surface area (Å²) in [5.41, 5.74) is 1.60. The lowest BCUT2D eigenvalue weighted by Gasteiger charge is -2.05. The number of carbonyl (C=O) groups is 1. The fourth-order valence-electron chi connectivity index (χ4n) is 1.57. The predicted octanol–water partition coefficient (Wildman–Crippen LogP) is 1.10. The highest BCUT2D eigenvalue weighted by atomic mass is 32.2. The Kier molecular flexibility index (Phi) is 4.79. The van der Waals surface area contributed by atoms with Crippen molar-refractivity contribution in [2.75, 3.05) is 16.9 Å². The van der Waals surface area contributed by atoms with Crippen LogP contribution < -0.4 is 11.2 Å². The third-order valence-corrected chi connectivity index (χ3v) is 3.63. The Morgan fingerprint density at radius 3 is 2.71 bits per heavy atom. The van der Waals surface area contributed by atoms with Crippen LogP contribution in [-0.2, 0) is 11.2 Å². The van der Waals surface area contributed by atoms with Gasteiger partial charge in [-0.15, -0.1) is 10.2 Å². The number of hydrogen-bond acceptors (Lipinski definition) is 6. The quantitative estimate of drug-likeness (QED) is 0.632. The van der Waals surface area contributed by atoms with Crippen LogP contribution in [0.2, 0.25) is 0 Å². The molecule has 0 saturated heterocycles. The van der Waals surface area contributed by atoms with Crippen molar-refractivity contribution in [3.8, 4) is 6.07 Å². The third-order valence-electron chi connectivity index (χ3n) is 2.69. The first-order valence-electron chi connectivity index (χ1n) is 6.16. The van der Waals surface area contributed by atoms with Crippen LogP contribution >= 0.6 is 11.8 Å². The molecule has 21 heavy (non-hydrogen) atoms. The summed E-state index contributed by atoms with van der Waals surface area (Å²) in [7, 11) is 0. The minimum atomic E-state index is -0.159. The molecule has 108 valence electrons. The summed E-state index contributed by atoms with van der Waals surface area (Å²) >= 11 is 1.22. The minimum absolute atomic E-state index is 0.159. The van der Waals surface area contributed by atoms with Crippen LogP contribution in [0.4, 0.5) is 5.69 Å². The van der Waals surface area contributed by atoms with Gasteiger partial charge >= 0.3 is 0 Å². The lowest BCUT2D eigenvalue weighted by atomic mass is 10.1. The van der Waals surface area contributed by atoms with E-state index in [0.717, 1.165) is 5.56 Å². The fraction of sp³-hybridized carbons (Fsp3) is 0.231. The summed E-state index contributed by atoms with van der Waals surface area (Å²) in [6.07, 6.45) is 0.357. The molecular weight excluding hydrogens is 288 g/mol. The zero-order valence-electron chi connectivity index (χ0n) is 11.4. The number of aryl methyl sites for hydroxylation is 1. The van der Waals surface area contributed by atoms with Crippen molar-refractivity contribution in [3.63, 3.8) is 0 Å². The van der Waals surface area contributed by atoms with E-state index in [1.165, 1.54) is 16.4 Å². The van der Waals surface area contributed by atoms with Crippen LogP contribution in [0.25, 0.3) is 0 Å². The molecule has 0 unspecified atom stereocenters. The Bertz CT molecular complexity index is 673. The number of amides is 1. The number of nitrogens with two attached hydrogens (primary N) is 1. The molecule has 1 amide bonds. The second-order valence-corrected chi connectivity index (χ2v) is 5.21. The van der Waals surface area contributed by atoms with Crippen molar-refractivity contribution in [1.29, 1.82) is 5.26 Å². The first-order valence-corrected chi connectivity index (χ1v) is 7.14. The van der Waals surface area contributed by atoms with E-state index in [9.17, 15) is 4.79 Å². The van der Waals surface area contributed by atoms with Crippen LogP contribution in [0, 0.1) is 18.3 Å². The first kappa shape index (κ1) is 14.9. The molecule has 0 aliphatic carbocycles. The highest BCUT2D eigenvalue weighted by molar-refractivity contribution is 7.99.